The third-order valence-corrected chi connectivity index (χ3v) is 6.99. The highest BCUT2D eigenvalue weighted by molar-refractivity contribution is 7.95. The molecule has 1 atom stereocenters. The van der Waals surface area contributed by atoms with E-state index < -0.39 is 27.7 Å². The fourth-order valence-electron chi connectivity index (χ4n) is 3.41. The van der Waals surface area contributed by atoms with Gasteiger partial charge in [0.05, 0.1) is 9.80 Å². The number of nitrogens with zero attached hydrogens (tertiary/aromatic N) is 2. The van der Waals surface area contributed by atoms with Crippen molar-refractivity contribution < 1.29 is 21.6 Å². The Labute approximate surface area is 175 Å². The van der Waals surface area contributed by atoms with Gasteiger partial charge < -0.3 is 5.32 Å². The summed E-state index contributed by atoms with van der Waals surface area (Å²) < 4.78 is 67.9. The van der Waals surface area contributed by atoms with E-state index in [1.807, 2.05) is 0 Å². The summed E-state index contributed by atoms with van der Waals surface area (Å²) in [5.74, 6) is 0.0590. The predicted octanol–water partition coefficient (Wildman–Crippen LogP) is 5.28. The normalized spacial score (nSPS) is 16.9. The van der Waals surface area contributed by atoms with Crippen LogP contribution >= 0.6 is 11.6 Å². The fourth-order valence-corrected chi connectivity index (χ4v) is 5.27. The SMILES string of the molecule is CC1=C(S(=O)(=O)c2ccc(Cl)cc2)C(c2ccccc2)n2nc(C(F)(F)F)cc2N1. The topological polar surface area (TPSA) is 64.0 Å². The van der Waals surface area contributed by atoms with E-state index in [1.165, 1.54) is 31.2 Å². The van der Waals surface area contributed by atoms with E-state index in [9.17, 15) is 21.6 Å². The number of fused-ring (bicyclic) bond motifs is 1. The predicted molar refractivity (Wildman–Crippen MR) is 107 cm³/mol. The molecule has 4 rings (SSSR count). The molecule has 156 valence electrons. The van der Waals surface area contributed by atoms with Crippen LogP contribution in [-0.2, 0) is 16.0 Å². The lowest BCUT2D eigenvalue weighted by Gasteiger charge is -2.30. The van der Waals surface area contributed by atoms with Crippen molar-refractivity contribution >= 4 is 27.3 Å². The quantitative estimate of drug-likeness (QED) is 0.586. The molecular weight excluding hydrogens is 439 g/mol. The van der Waals surface area contributed by atoms with E-state index in [0.29, 0.717) is 10.6 Å². The monoisotopic (exact) mass is 453 g/mol. The Balaban J connectivity index is 1.95. The standard InChI is InChI=1S/C20H15ClF3N3O2S/c1-12-19(30(28,29)15-9-7-14(21)8-10-15)18(13-5-3-2-4-6-13)27-17(25-12)11-16(26-27)20(22,23)24/h2-11,18,25H,1H3. The molecule has 5 nitrogen and oxygen atoms in total. The third kappa shape index (κ3) is 3.48. The highest BCUT2D eigenvalue weighted by atomic mass is 35.5. The van der Waals surface area contributed by atoms with Crippen molar-refractivity contribution in [3.05, 3.63) is 87.5 Å². The molecule has 1 unspecified atom stereocenters. The molecule has 3 aromatic rings. The van der Waals surface area contributed by atoms with E-state index in [1.54, 1.807) is 30.3 Å². The van der Waals surface area contributed by atoms with Crippen LogP contribution < -0.4 is 5.32 Å². The van der Waals surface area contributed by atoms with Gasteiger partial charge in [0.15, 0.2) is 5.69 Å². The first-order chi connectivity index (χ1) is 14.1. The minimum absolute atomic E-state index is 0.0179. The fraction of sp³-hybridized carbons (Fsp3) is 0.150. The number of halogens is 4. The number of aromatic nitrogens is 2. The van der Waals surface area contributed by atoms with Crippen molar-refractivity contribution in [2.75, 3.05) is 5.32 Å². The van der Waals surface area contributed by atoms with Gasteiger partial charge in [-0.05, 0) is 36.8 Å². The van der Waals surface area contributed by atoms with Gasteiger partial charge in [0.25, 0.3) is 0 Å². The zero-order valence-electron chi connectivity index (χ0n) is 15.5. The van der Waals surface area contributed by atoms with Crippen LogP contribution in [0.4, 0.5) is 19.0 Å². The van der Waals surface area contributed by atoms with Crippen LogP contribution in [0.5, 0.6) is 0 Å². The van der Waals surface area contributed by atoms with E-state index >= 15 is 0 Å². The molecule has 30 heavy (non-hydrogen) atoms. The average molecular weight is 454 g/mol. The van der Waals surface area contributed by atoms with E-state index in [4.69, 9.17) is 11.6 Å². The minimum Gasteiger partial charge on any atom is -0.343 e. The molecule has 0 spiro atoms. The van der Waals surface area contributed by atoms with E-state index in [-0.39, 0.29) is 21.3 Å². The number of nitrogens with one attached hydrogen (secondary N) is 1. The zero-order valence-corrected chi connectivity index (χ0v) is 17.1. The maximum Gasteiger partial charge on any atom is 0.435 e. The number of benzene rings is 2. The molecule has 0 amide bonds. The molecule has 0 fully saturated rings. The summed E-state index contributed by atoms with van der Waals surface area (Å²) in [7, 11) is -4.08. The van der Waals surface area contributed by atoms with Gasteiger partial charge in [0.2, 0.25) is 9.84 Å². The molecular formula is C20H15ClF3N3O2S. The second-order valence-electron chi connectivity index (χ2n) is 6.74. The van der Waals surface area contributed by atoms with Crippen LogP contribution in [-0.4, -0.2) is 18.2 Å². The lowest BCUT2D eigenvalue weighted by Crippen LogP contribution is -2.28. The number of rotatable bonds is 3. The highest BCUT2D eigenvalue weighted by Gasteiger charge is 2.41. The van der Waals surface area contributed by atoms with Gasteiger partial charge in [-0.25, -0.2) is 13.1 Å². The van der Waals surface area contributed by atoms with Crippen molar-refractivity contribution in [2.45, 2.75) is 24.0 Å². The summed E-state index contributed by atoms with van der Waals surface area (Å²) in [6.45, 7) is 1.52. The van der Waals surface area contributed by atoms with Crippen LogP contribution in [0.3, 0.4) is 0 Å². The second kappa shape index (κ2) is 7.17. The first-order valence-corrected chi connectivity index (χ1v) is 10.7. The molecule has 1 aliphatic rings. The Morgan fingerprint density at radius 1 is 1.07 bits per heavy atom. The molecule has 0 saturated heterocycles. The number of allylic oxidation sites excluding steroid dienone is 2. The van der Waals surface area contributed by atoms with Gasteiger partial charge in [0, 0.05) is 16.8 Å². The maximum absolute atomic E-state index is 13.5. The van der Waals surface area contributed by atoms with Crippen molar-refractivity contribution in [3.63, 3.8) is 0 Å². The van der Waals surface area contributed by atoms with Crippen LogP contribution in [0.2, 0.25) is 5.02 Å². The number of alkyl halides is 3. The molecule has 10 heteroatoms. The average Bonchev–Trinajstić information content (AvgIpc) is 3.12. The smallest absolute Gasteiger partial charge is 0.343 e. The first kappa shape index (κ1) is 20.5. The van der Waals surface area contributed by atoms with Gasteiger partial charge in [-0.15, -0.1) is 0 Å². The first-order valence-electron chi connectivity index (χ1n) is 8.79. The van der Waals surface area contributed by atoms with Gasteiger partial charge >= 0.3 is 6.18 Å². The molecule has 1 aliphatic heterocycles. The van der Waals surface area contributed by atoms with Gasteiger partial charge in [-0.3, -0.25) is 0 Å². The Kier molecular flexibility index (Phi) is 4.90. The molecule has 2 aromatic carbocycles. The number of hydrogen-bond donors (Lipinski definition) is 1. The van der Waals surface area contributed by atoms with E-state index in [2.05, 4.69) is 10.4 Å². The van der Waals surface area contributed by atoms with Crippen molar-refractivity contribution in [1.29, 1.82) is 0 Å². The van der Waals surface area contributed by atoms with E-state index in [0.717, 1.165) is 10.7 Å². The maximum atomic E-state index is 13.5. The molecule has 0 bridgehead atoms. The van der Waals surface area contributed by atoms with Gasteiger partial charge in [0.1, 0.15) is 11.9 Å². The Morgan fingerprint density at radius 2 is 1.70 bits per heavy atom. The lowest BCUT2D eigenvalue weighted by atomic mass is 10.0. The molecule has 2 heterocycles. The highest BCUT2D eigenvalue weighted by Crippen LogP contribution is 2.42. The summed E-state index contributed by atoms with van der Waals surface area (Å²) in [5, 5.41) is 6.83. The molecule has 1 N–H and O–H groups in total. The van der Waals surface area contributed by atoms with Crippen LogP contribution in [0, 0.1) is 0 Å². The Morgan fingerprint density at radius 3 is 2.30 bits per heavy atom. The zero-order chi connectivity index (χ0) is 21.7. The van der Waals surface area contributed by atoms with Gasteiger partial charge in [-0.2, -0.15) is 18.3 Å². The lowest BCUT2D eigenvalue weighted by molar-refractivity contribution is -0.141. The largest absolute Gasteiger partial charge is 0.435 e. The Bertz CT molecular complexity index is 1230. The third-order valence-electron chi connectivity index (χ3n) is 4.73. The van der Waals surface area contributed by atoms with Crippen molar-refractivity contribution in [3.8, 4) is 0 Å². The number of hydrogen-bond acceptors (Lipinski definition) is 4. The summed E-state index contributed by atoms with van der Waals surface area (Å²) in [6, 6.07) is 13.8. The summed E-state index contributed by atoms with van der Waals surface area (Å²) in [5.41, 5.74) is -0.396. The molecule has 0 saturated carbocycles. The second-order valence-corrected chi connectivity index (χ2v) is 9.10. The Hall–Kier alpha value is -2.78. The molecule has 1 aromatic heterocycles. The summed E-state index contributed by atoms with van der Waals surface area (Å²) >= 11 is 5.87. The van der Waals surface area contributed by atoms with Crippen LogP contribution in [0.15, 0.2) is 76.2 Å². The van der Waals surface area contributed by atoms with Crippen LogP contribution in [0.25, 0.3) is 0 Å². The minimum atomic E-state index is -4.67. The molecule has 0 radical (unpaired) electrons. The number of anilines is 1. The van der Waals surface area contributed by atoms with Crippen molar-refractivity contribution in [1.82, 2.24) is 9.78 Å². The van der Waals surface area contributed by atoms with Crippen LogP contribution in [0.1, 0.15) is 24.2 Å². The summed E-state index contributed by atoms with van der Waals surface area (Å²) in [4.78, 5) is -0.101. The number of sulfone groups is 1. The van der Waals surface area contributed by atoms with Gasteiger partial charge in [-0.1, -0.05) is 41.9 Å². The molecule has 0 aliphatic carbocycles. The van der Waals surface area contributed by atoms with Crippen molar-refractivity contribution in [2.24, 2.45) is 0 Å². The summed E-state index contributed by atoms with van der Waals surface area (Å²) in [6.07, 6.45) is -4.67.